The van der Waals surface area contributed by atoms with Gasteiger partial charge in [-0.2, -0.15) is 4.31 Å². The lowest BCUT2D eigenvalue weighted by Crippen LogP contribution is -2.27. The van der Waals surface area contributed by atoms with E-state index in [9.17, 15) is 13.2 Å². The van der Waals surface area contributed by atoms with Gasteiger partial charge in [0.25, 0.3) is 5.91 Å². The van der Waals surface area contributed by atoms with Crippen LogP contribution in [0.3, 0.4) is 0 Å². The van der Waals surface area contributed by atoms with Crippen molar-refractivity contribution in [2.24, 2.45) is 0 Å². The van der Waals surface area contributed by atoms with E-state index in [1.54, 1.807) is 30.3 Å². The molecular weight excluding hydrogens is 412 g/mol. The minimum absolute atomic E-state index is 0.195. The molecular formula is C24H24N2O4S. The predicted molar refractivity (Wildman–Crippen MR) is 120 cm³/mol. The molecule has 4 rings (SSSR count). The molecule has 0 radical (unpaired) electrons. The lowest BCUT2D eigenvalue weighted by molar-refractivity contribution is 0.102. The Morgan fingerprint density at radius 3 is 2.32 bits per heavy atom. The number of anilines is 1. The zero-order valence-corrected chi connectivity index (χ0v) is 17.8. The van der Waals surface area contributed by atoms with E-state index in [0.29, 0.717) is 30.9 Å². The number of benzene rings is 3. The van der Waals surface area contributed by atoms with Crippen LogP contribution in [0.5, 0.6) is 5.75 Å². The van der Waals surface area contributed by atoms with Crippen LogP contribution < -0.4 is 10.1 Å². The SMILES string of the molecule is O=C(Nc1cccc(S(=O)(=O)N2CCCC2)c1)c1ccc(COc2ccccc2)cc1. The van der Waals surface area contributed by atoms with Crippen molar-refractivity contribution in [3.8, 4) is 5.75 Å². The zero-order chi connectivity index (χ0) is 21.7. The molecule has 3 aromatic carbocycles. The third-order valence-corrected chi connectivity index (χ3v) is 7.05. The van der Waals surface area contributed by atoms with Crippen LogP contribution >= 0.6 is 0 Å². The van der Waals surface area contributed by atoms with Crippen LogP contribution in [0.4, 0.5) is 5.69 Å². The zero-order valence-electron chi connectivity index (χ0n) is 17.0. The third kappa shape index (κ3) is 5.13. The molecule has 0 bridgehead atoms. The monoisotopic (exact) mass is 436 g/mol. The molecule has 1 fully saturated rings. The Hall–Kier alpha value is -3.16. The summed E-state index contributed by atoms with van der Waals surface area (Å²) in [5, 5.41) is 2.79. The molecule has 160 valence electrons. The van der Waals surface area contributed by atoms with Crippen molar-refractivity contribution in [1.82, 2.24) is 4.31 Å². The van der Waals surface area contributed by atoms with Gasteiger partial charge in [0.1, 0.15) is 12.4 Å². The molecule has 3 aromatic rings. The molecule has 1 heterocycles. The van der Waals surface area contributed by atoms with Crippen molar-refractivity contribution in [2.75, 3.05) is 18.4 Å². The number of rotatable bonds is 7. The minimum atomic E-state index is -3.53. The highest BCUT2D eigenvalue weighted by molar-refractivity contribution is 7.89. The fourth-order valence-corrected chi connectivity index (χ4v) is 5.01. The fraction of sp³-hybridized carbons (Fsp3) is 0.208. The molecule has 0 aromatic heterocycles. The summed E-state index contributed by atoms with van der Waals surface area (Å²) < 4.78 is 32.7. The average molecular weight is 437 g/mol. The van der Waals surface area contributed by atoms with Gasteiger partial charge in [-0.05, 0) is 60.9 Å². The van der Waals surface area contributed by atoms with E-state index >= 15 is 0 Å². The molecule has 1 N–H and O–H groups in total. The first-order valence-corrected chi connectivity index (χ1v) is 11.6. The number of nitrogens with zero attached hydrogens (tertiary/aromatic N) is 1. The summed E-state index contributed by atoms with van der Waals surface area (Å²) in [4.78, 5) is 12.8. The van der Waals surface area contributed by atoms with E-state index in [1.165, 1.54) is 10.4 Å². The van der Waals surface area contributed by atoms with Gasteiger partial charge in [-0.3, -0.25) is 4.79 Å². The number of nitrogens with one attached hydrogen (secondary N) is 1. The van der Waals surface area contributed by atoms with Crippen LogP contribution in [-0.4, -0.2) is 31.7 Å². The van der Waals surface area contributed by atoms with Crippen molar-refractivity contribution in [3.63, 3.8) is 0 Å². The maximum Gasteiger partial charge on any atom is 0.255 e. The topological polar surface area (TPSA) is 75.7 Å². The number of sulfonamides is 1. The average Bonchev–Trinajstić information content (AvgIpc) is 3.35. The number of ether oxygens (including phenoxy) is 1. The van der Waals surface area contributed by atoms with Crippen molar-refractivity contribution < 1.29 is 17.9 Å². The van der Waals surface area contributed by atoms with E-state index in [2.05, 4.69) is 5.32 Å². The lowest BCUT2D eigenvalue weighted by Gasteiger charge is -2.16. The van der Waals surface area contributed by atoms with Gasteiger partial charge in [-0.1, -0.05) is 36.4 Å². The Morgan fingerprint density at radius 1 is 0.903 bits per heavy atom. The number of carbonyl (C=O) groups is 1. The molecule has 1 amide bonds. The third-order valence-electron chi connectivity index (χ3n) is 5.16. The number of para-hydroxylation sites is 1. The minimum Gasteiger partial charge on any atom is -0.489 e. The van der Waals surface area contributed by atoms with E-state index in [4.69, 9.17) is 4.74 Å². The summed E-state index contributed by atoms with van der Waals surface area (Å²) >= 11 is 0. The molecule has 1 aliphatic rings. The van der Waals surface area contributed by atoms with E-state index < -0.39 is 10.0 Å². The van der Waals surface area contributed by atoms with Crippen molar-refractivity contribution in [3.05, 3.63) is 90.0 Å². The van der Waals surface area contributed by atoms with Crippen molar-refractivity contribution in [1.29, 1.82) is 0 Å². The first kappa shape index (κ1) is 21.1. The standard InChI is InChI=1S/C24H24N2O4S/c27-24(20-13-11-19(12-14-20)18-30-22-8-2-1-3-9-22)25-21-7-6-10-23(17-21)31(28,29)26-15-4-5-16-26/h1-3,6-14,17H,4-5,15-16,18H2,(H,25,27). The van der Waals surface area contributed by atoms with Gasteiger partial charge in [0.2, 0.25) is 10.0 Å². The molecule has 0 unspecified atom stereocenters. The summed E-state index contributed by atoms with van der Waals surface area (Å²) in [6.45, 7) is 1.49. The second-order valence-electron chi connectivity index (χ2n) is 7.39. The first-order valence-electron chi connectivity index (χ1n) is 10.2. The molecule has 0 spiro atoms. The van der Waals surface area contributed by atoms with Gasteiger partial charge in [0, 0.05) is 24.3 Å². The second kappa shape index (κ2) is 9.32. The van der Waals surface area contributed by atoms with Gasteiger partial charge in [-0.25, -0.2) is 8.42 Å². The van der Waals surface area contributed by atoms with Gasteiger partial charge < -0.3 is 10.1 Å². The normalized spacial score (nSPS) is 14.3. The van der Waals surface area contributed by atoms with Crippen LogP contribution in [0.25, 0.3) is 0 Å². The number of amides is 1. The summed E-state index contributed by atoms with van der Waals surface area (Å²) in [6.07, 6.45) is 1.75. The molecule has 6 nitrogen and oxygen atoms in total. The van der Waals surface area contributed by atoms with Crippen LogP contribution in [0.1, 0.15) is 28.8 Å². The van der Waals surface area contributed by atoms with E-state index in [0.717, 1.165) is 24.2 Å². The van der Waals surface area contributed by atoms with Crippen molar-refractivity contribution >= 4 is 21.6 Å². The van der Waals surface area contributed by atoms with Gasteiger partial charge in [0.15, 0.2) is 0 Å². The van der Waals surface area contributed by atoms with Crippen LogP contribution in [-0.2, 0) is 16.6 Å². The van der Waals surface area contributed by atoms with E-state index in [-0.39, 0.29) is 10.8 Å². The summed E-state index contributed by atoms with van der Waals surface area (Å²) in [6, 6.07) is 23.1. The maximum atomic E-state index is 12.7. The van der Waals surface area contributed by atoms with Gasteiger partial charge in [0.05, 0.1) is 4.90 Å². The lowest BCUT2D eigenvalue weighted by atomic mass is 10.1. The van der Waals surface area contributed by atoms with Crippen LogP contribution in [0.15, 0.2) is 83.8 Å². The highest BCUT2D eigenvalue weighted by Gasteiger charge is 2.27. The molecule has 31 heavy (non-hydrogen) atoms. The van der Waals surface area contributed by atoms with Crippen LogP contribution in [0, 0.1) is 0 Å². The van der Waals surface area contributed by atoms with Crippen molar-refractivity contribution in [2.45, 2.75) is 24.3 Å². The molecule has 1 aliphatic heterocycles. The fourth-order valence-electron chi connectivity index (χ4n) is 3.45. The molecule has 0 saturated carbocycles. The molecule has 0 aliphatic carbocycles. The first-order chi connectivity index (χ1) is 15.0. The Bertz CT molecular complexity index is 1140. The summed E-state index contributed by atoms with van der Waals surface area (Å²) in [5.41, 5.74) is 1.87. The predicted octanol–water partition coefficient (Wildman–Crippen LogP) is 4.30. The molecule has 0 atom stereocenters. The highest BCUT2D eigenvalue weighted by Crippen LogP contribution is 2.23. The number of hydrogen-bond donors (Lipinski definition) is 1. The highest BCUT2D eigenvalue weighted by atomic mass is 32.2. The Labute approximate surface area is 182 Å². The number of hydrogen-bond acceptors (Lipinski definition) is 4. The quantitative estimate of drug-likeness (QED) is 0.599. The Kier molecular flexibility index (Phi) is 6.34. The second-order valence-corrected chi connectivity index (χ2v) is 9.33. The molecule has 1 saturated heterocycles. The van der Waals surface area contributed by atoms with Gasteiger partial charge in [-0.15, -0.1) is 0 Å². The van der Waals surface area contributed by atoms with Crippen LogP contribution in [0.2, 0.25) is 0 Å². The smallest absolute Gasteiger partial charge is 0.255 e. The summed E-state index contributed by atoms with van der Waals surface area (Å²) in [5.74, 6) is 0.485. The number of carbonyl (C=O) groups excluding carboxylic acids is 1. The maximum absolute atomic E-state index is 12.7. The van der Waals surface area contributed by atoms with E-state index in [1.807, 2.05) is 42.5 Å². The largest absolute Gasteiger partial charge is 0.489 e. The van der Waals surface area contributed by atoms with Gasteiger partial charge >= 0.3 is 0 Å². The molecule has 7 heteroatoms. The Morgan fingerprint density at radius 2 is 1.61 bits per heavy atom. The summed E-state index contributed by atoms with van der Waals surface area (Å²) in [7, 11) is -3.53. The Balaban J connectivity index is 1.40.